The van der Waals surface area contributed by atoms with Crippen LogP contribution >= 0.6 is 0 Å². The number of amides is 1. The van der Waals surface area contributed by atoms with E-state index in [9.17, 15) is 9.59 Å². The van der Waals surface area contributed by atoms with E-state index in [2.05, 4.69) is 6.92 Å². The molecule has 1 amide bonds. The molecule has 0 saturated heterocycles. The second-order valence-electron chi connectivity index (χ2n) is 6.07. The molecule has 0 aromatic rings. The van der Waals surface area contributed by atoms with Crippen LogP contribution in [0.1, 0.15) is 85.0 Å². The van der Waals surface area contributed by atoms with Gasteiger partial charge >= 0.3 is 5.97 Å². The molecule has 0 rings (SSSR count). The molecule has 0 aromatic carbocycles. The first-order valence-corrected chi connectivity index (χ1v) is 9.07. The van der Waals surface area contributed by atoms with Crippen molar-refractivity contribution in [1.29, 1.82) is 0 Å². The van der Waals surface area contributed by atoms with Crippen LogP contribution in [-0.4, -0.2) is 35.0 Å². The smallest absolute Gasteiger partial charge is 0.304 e. The van der Waals surface area contributed by atoms with Crippen LogP contribution in [0.5, 0.6) is 0 Å². The summed E-state index contributed by atoms with van der Waals surface area (Å²) in [5.74, 6) is -1.21. The molecule has 0 fully saturated rings. The molecule has 0 heterocycles. The lowest BCUT2D eigenvalue weighted by Gasteiger charge is -2.24. The van der Waals surface area contributed by atoms with Crippen LogP contribution in [-0.2, 0) is 9.59 Å². The zero-order valence-electron chi connectivity index (χ0n) is 14.8. The highest BCUT2D eigenvalue weighted by Crippen LogP contribution is 2.18. The number of hydrogen-bond donors (Lipinski definition) is 1. The number of aliphatic carboxylic acids is 1. The molecule has 0 bridgehead atoms. The summed E-state index contributed by atoms with van der Waals surface area (Å²) in [6.45, 7) is 7.41. The largest absolute Gasteiger partial charge is 0.481 e. The highest BCUT2D eigenvalue weighted by atomic mass is 16.4. The molecule has 22 heavy (non-hydrogen) atoms. The average molecular weight is 313 g/mol. The van der Waals surface area contributed by atoms with Crippen LogP contribution in [0.2, 0.25) is 0 Å². The number of carboxylic acid groups (broad SMARTS) is 1. The Bertz CT molecular complexity index is 301. The molecular formula is C18H35NO3. The molecule has 1 unspecified atom stereocenters. The van der Waals surface area contributed by atoms with Crippen molar-refractivity contribution < 1.29 is 14.7 Å². The SMILES string of the molecule is CCCCCCCCCCC(CC(=O)O)C(=O)N(CC)CC. The number of hydrogen-bond acceptors (Lipinski definition) is 2. The Balaban J connectivity index is 4.05. The Morgan fingerprint density at radius 2 is 1.36 bits per heavy atom. The summed E-state index contributed by atoms with van der Waals surface area (Å²) in [5.41, 5.74) is 0. The van der Waals surface area contributed by atoms with Crippen molar-refractivity contribution in [3.8, 4) is 0 Å². The monoisotopic (exact) mass is 313 g/mol. The molecule has 0 spiro atoms. The highest BCUT2D eigenvalue weighted by Gasteiger charge is 2.24. The number of rotatable bonds is 14. The zero-order chi connectivity index (χ0) is 16.8. The fraction of sp³-hybridized carbons (Fsp3) is 0.889. The number of carbonyl (C=O) groups excluding carboxylic acids is 1. The van der Waals surface area contributed by atoms with Gasteiger partial charge in [0.25, 0.3) is 0 Å². The summed E-state index contributed by atoms with van der Waals surface area (Å²) in [5, 5.41) is 9.01. The first-order chi connectivity index (χ1) is 10.6. The van der Waals surface area contributed by atoms with Gasteiger partial charge in [0.1, 0.15) is 0 Å². The molecule has 1 atom stereocenters. The molecule has 0 radical (unpaired) electrons. The molecule has 4 heteroatoms. The van der Waals surface area contributed by atoms with Gasteiger partial charge < -0.3 is 10.0 Å². The molecular weight excluding hydrogens is 278 g/mol. The predicted molar refractivity (Wildman–Crippen MR) is 90.9 cm³/mol. The van der Waals surface area contributed by atoms with Crippen molar-refractivity contribution in [2.75, 3.05) is 13.1 Å². The van der Waals surface area contributed by atoms with Gasteiger partial charge in [0, 0.05) is 19.0 Å². The Kier molecular flexibility index (Phi) is 12.9. The van der Waals surface area contributed by atoms with E-state index in [-0.39, 0.29) is 18.2 Å². The number of nitrogens with zero attached hydrogens (tertiary/aromatic N) is 1. The minimum atomic E-state index is -0.870. The van der Waals surface area contributed by atoms with Crippen molar-refractivity contribution in [3.05, 3.63) is 0 Å². The van der Waals surface area contributed by atoms with Crippen LogP contribution in [0, 0.1) is 5.92 Å². The van der Waals surface area contributed by atoms with Crippen molar-refractivity contribution in [1.82, 2.24) is 4.90 Å². The van der Waals surface area contributed by atoms with Gasteiger partial charge in [-0.05, 0) is 20.3 Å². The van der Waals surface area contributed by atoms with Gasteiger partial charge in [0.05, 0.1) is 6.42 Å². The fourth-order valence-electron chi connectivity index (χ4n) is 2.84. The van der Waals surface area contributed by atoms with Crippen molar-refractivity contribution in [3.63, 3.8) is 0 Å². The van der Waals surface area contributed by atoms with Crippen LogP contribution in [0.15, 0.2) is 0 Å². The molecule has 0 aliphatic rings. The maximum Gasteiger partial charge on any atom is 0.304 e. The maximum absolute atomic E-state index is 12.3. The molecule has 0 aliphatic heterocycles. The summed E-state index contributed by atoms with van der Waals surface area (Å²) in [4.78, 5) is 25.1. The lowest BCUT2D eigenvalue weighted by atomic mass is 9.95. The minimum absolute atomic E-state index is 0.00958. The number of unbranched alkanes of at least 4 members (excludes halogenated alkanes) is 7. The first kappa shape index (κ1) is 20.9. The molecule has 0 aliphatic carbocycles. The Hall–Kier alpha value is -1.06. The van der Waals surface area contributed by atoms with Gasteiger partial charge in [0.15, 0.2) is 0 Å². The van der Waals surface area contributed by atoms with Crippen LogP contribution in [0.3, 0.4) is 0 Å². The predicted octanol–water partition coefficient (Wildman–Crippen LogP) is 4.48. The van der Waals surface area contributed by atoms with Crippen molar-refractivity contribution >= 4 is 11.9 Å². The Morgan fingerprint density at radius 1 is 0.864 bits per heavy atom. The van der Waals surface area contributed by atoms with Crippen LogP contribution < -0.4 is 0 Å². The Labute approximate surface area is 136 Å². The summed E-state index contributed by atoms with van der Waals surface area (Å²) in [6, 6.07) is 0. The summed E-state index contributed by atoms with van der Waals surface area (Å²) in [7, 11) is 0. The van der Waals surface area contributed by atoms with Crippen molar-refractivity contribution in [2.24, 2.45) is 5.92 Å². The Morgan fingerprint density at radius 3 is 1.82 bits per heavy atom. The molecule has 4 nitrogen and oxygen atoms in total. The summed E-state index contributed by atoms with van der Waals surface area (Å²) in [6.07, 6.45) is 10.4. The minimum Gasteiger partial charge on any atom is -0.481 e. The summed E-state index contributed by atoms with van der Waals surface area (Å²) < 4.78 is 0. The van der Waals surface area contributed by atoms with Gasteiger partial charge in [-0.1, -0.05) is 58.3 Å². The number of carboxylic acids is 1. The highest BCUT2D eigenvalue weighted by molar-refractivity contribution is 5.83. The van der Waals surface area contributed by atoms with E-state index in [1.54, 1.807) is 4.90 Å². The quantitative estimate of drug-likeness (QED) is 0.481. The van der Waals surface area contributed by atoms with E-state index in [0.717, 1.165) is 12.8 Å². The van der Waals surface area contributed by atoms with Crippen LogP contribution in [0.25, 0.3) is 0 Å². The second kappa shape index (κ2) is 13.6. The topological polar surface area (TPSA) is 57.6 Å². The van der Waals surface area contributed by atoms with E-state index in [4.69, 9.17) is 5.11 Å². The standard InChI is InChI=1S/C18H35NO3/c1-4-7-8-9-10-11-12-13-14-16(15-17(20)21)18(22)19(5-2)6-3/h16H,4-15H2,1-3H3,(H,20,21). The van der Waals surface area contributed by atoms with E-state index in [0.29, 0.717) is 19.5 Å². The van der Waals surface area contributed by atoms with Gasteiger partial charge in [-0.3, -0.25) is 9.59 Å². The van der Waals surface area contributed by atoms with Gasteiger partial charge in [-0.25, -0.2) is 0 Å². The van der Waals surface area contributed by atoms with Crippen LogP contribution in [0.4, 0.5) is 0 Å². The molecule has 1 N–H and O–H groups in total. The molecule has 0 aromatic heterocycles. The fourth-order valence-corrected chi connectivity index (χ4v) is 2.84. The third kappa shape index (κ3) is 9.80. The van der Waals surface area contributed by atoms with E-state index in [1.165, 1.54) is 38.5 Å². The third-order valence-electron chi connectivity index (χ3n) is 4.25. The average Bonchev–Trinajstić information content (AvgIpc) is 2.49. The third-order valence-corrected chi connectivity index (χ3v) is 4.25. The normalized spacial score (nSPS) is 12.1. The van der Waals surface area contributed by atoms with E-state index >= 15 is 0 Å². The van der Waals surface area contributed by atoms with Gasteiger partial charge in [-0.15, -0.1) is 0 Å². The van der Waals surface area contributed by atoms with Gasteiger partial charge in [0.2, 0.25) is 5.91 Å². The van der Waals surface area contributed by atoms with Gasteiger partial charge in [-0.2, -0.15) is 0 Å². The van der Waals surface area contributed by atoms with E-state index in [1.807, 2.05) is 13.8 Å². The molecule has 0 saturated carbocycles. The maximum atomic E-state index is 12.3. The first-order valence-electron chi connectivity index (χ1n) is 9.07. The number of carbonyl (C=O) groups is 2. The lowest BCUT2D eigenvalue weighted by Crippen LogP contribution is -2.36. The molecule has 130 valence electrons. The van der Waals surface area contributed by atoms with E-state index < -0.39 is 5.97 Å². The van der Waals surface area contributed by atoms with Crippen molar-refractivity contribution in [2.45, 2.75) is 85.0 Å². The summed E-state index contributed by atoms with van der Waals surface area (Å²) >= 11 is 0. The second-order valence-corrected chi connectivity index (χ2v) is 6.07. The zero-order valence-corrected chi connectivity index (χ0v) is 14.8. The lowest BCUT2D eigenvalue weighted by molar-refractivity contribution is -0.144.